The van der Waals surface area contributed by atoms with E-state index in [-0.39, 0.29) is 59.1 Å². The van der Waals surface area contributed by atoms with Crippen LogP contribution in [0.15, 0.2) is 60.7 Å². The number of ether oxygens (including phenoxy) is 1. The molecule has 0 bridgehead atoms. The van der Waals surface area contributed by atoms with E-state index in [1.54, 1.807) is 0 Å². The first-order valence-corrected chi connectivity index (χ1v) is 7.17. The van der Waals surface area contributed by atoms with Gasteiger partial charge in [-0.2, -0.15) is 0 Å². The van der Waals surface area contributed by atoms with Gasteiger partial charge in [0.05, 0.1) is 6.61 Å². The van der Waals surface area contributed by atoms with Crippen LogP contribution >= 0.6 is 0 Å². The summed E-state index contributed by atoms with van der Waals surface area (Å²) in [6.07, 6.45) is 0.954. The van der Waals surface area contributed by atoms with E-state index in [1.165, 1.54) is 5.56 Å². The van der Waals surface area contributed by atoms with Gasteiger partial charge >= 0.3 is 59.1 Å². The molecular formula is C14H14Na2O5S. The molecule has 2 aromatic rings. The third-order valence-corrected chi connectivity index (χ3v) is 2.25. The summed E-state index contributed by atoms with van der Waals surface area (Å²) < 4.78 is 39.7. The molecule has 0 aliphatic rings. The second-order valence-electron chi connectivity index (χ2n) is 3.81. The second-order valence-corrected chi connectivity index (χ2v) is 4.62. The van der Waals surface area contributed by atoms with Crippen molar-refractivity contribution in [2.24, 2.45) is 0 Å². The topological polar surface area (TPSA) is 89.5 Å². The Labute approximate surface area is 175 Å². The van der Waals surface area contributed by atoms with Crippen molar-refractivity contribution >= 4 is 10.4 Å². The third-order valence-electron chi connectivity index (χ3n) is 2.25. The predicted molar refractivity (Wildman–Crippen MR) is 72.6 cm³/mol. The normalized spacial score (nSPS) is 9.36. The molecular weight excluding hydrogens is 326 g/mol. The quantitative estimate of drug-likeness (QED) is 0.321. The van der Waals surface area contributed by atoms with Crippen molar-refractivity contribution in [2.45, 2.75) is 6.42 Å². The zero-order valence-electron chi connectivity index (χ0n) is 12.6. The first-order valence-electron chi connectivity index (χ1n) is 5.83. The van der Waals surface area contributed by atoms with E-state index in [2.05, 4.69) is 24.3 Å². The van der Waals surface area contributed by atoms with Gasteiger partial charge in [-0.15, -0.1) is 0 Å². The van der Waals surface area contributed by atoms with Crippen molar-refractivity contribution in [2.75, 3.05) is 6.61 Å². The van der Waals surface area contributed by atoms with Gasteiger partial charge in [-0.25, -0.2) is 0 Å². The summed E-state index contributed by atoms with van der Waals surface area (Å²) in [5, 5.41) is 0. The molecule has 0 amide bonds. The van der Waals surface area contributed by atoms with Crippen LogP contribution in [0.3, 0.4) is 0 Å². The van der Waals surface area contributed by atoms with Crippen molar-refractivity contribution < 1.29 is 81.4 Å². The van der Waals surface area contributed by atoms with Crippen molar-refractivity contribution in [3.05, 3.63) is 66.2 Å². The summed E-state index contributed by atoms with van der Waals surface area (Å²) >= 11 is 0. The van der Waals surface area contributed by atoms with Gasteiger partial charge in [0, 0.05) is 16.8 Å². The molecule has 0 aliphatic carbocycles. The maximum atomic E-state index is 8.52. The van der Waals surface area contributed by atoms with Gasteiger partial charge in [0.15, 0.2) is 0 Å². The Hall–Kier alpha value is 0.110. The van der Waals surface area contributed by atoms with Crippen LogP contribution in [0.5, 0.6) is 5.75 Å². The summed E-state index contributed by atoms with van der Waals surface area (Å²) in [6, 6.07) is 20.3. The van der Waals surface area contributed by atoms with E-state index in [0.29, 0.717) is 0 Å². The molecule has 0 radical (unpaired) electrons. The molecule has 0 aromatic heterocycles. The minimum atomic E-state index is -5.17. The Balaban J connectivity index is 0. The van der Waals surface area contributed by atoms with Crippen LogP contribution in [0, 0.1) is 0 Å². The van der Waals surface area contributed by atoms with E-state index >= 15 is 0 Å². The minimum absolute atomic E-state index is 0. The molecule has 0 N–H and O–H groups in total. The molecule has 22 heavy (non-hydrogen) atoms. The van der Waals surface area contributed by atoms with Crippen LogP contribution in [0.2, 0.25) is 0 Å². The van der Waals surface area contributed by atoms with Gasteiger partial charge in [-0.3, -0.25) is 8.42 Å². The van der Waals surface area contributed by atoms with Crippen molar-refractivity contribution in [3.8, 4) is 5.75 Å². The molecule has 0 fully saturated rings. The fraction of sp³-hybridized carbons (Fsp3) is 0.143. The van der Waals surface area contributed by atoms with E-state index in [4.69, 9.17) is 22.3 Å². The molecule has 2 rings (SSSR count). The monoisotopic (exact) mass is 340 g/mol. The first kappa shape index (κ1) is 24.4. The largest absolute Gasteiger partial charge is 1.00 e. The Bertz CT molecular complexity index is 544. The van der Waals surface area contributed by atoms with E-state index < -0.39 is 10.4 Å². The van der Waals surface area contributed by atoms with Crippen molar-refractivity contribution in [3.63, 3.8) is 0 Å². The van der Waals surface area contributed by atoms with Gasteiger partial charge in [0.25, 0.3) is 0 Å². The molecule has 0 saturated carbocycles. The SMILES string of the molecule is O=S(=O)([O-])[O-].[Na+].[Na+].c1ccc(CCOc2ccccc2)cc1. The van der Waals surface area contributed by atoms with Gasteiger partial charge < -0.3 is 13.8 Å². The van der Waals surface area contributed by atoms with Gasteiger partial charge in [-0.05, 0) is 17.7 Å². The number of benzene rings is 2. The molecule has 5 nitrogen and oxygen atoms in total. The molecule has 2 aromatic carbocycles. The maximum absolute atomic E-state index is 8.52. The average Bonchev–Trinajstić information content (AvgIpc) is 2.39. The van der Waals surface area contributed by atoms with Gasteiger partial charge in [-0.1, -0.05) is 48.5 Å². The summed E-state index contributed by atoms with van der Waals surface area (Å²) in [5.74, 6) is 0.938. The number of rotatable bonds is 4. The van der Waals surface area contributed by atoms with Crippen LogP contribution in [0.1, 0.15) is 5.56 Å². The summed E-state index contributed by atoms with van der Waals surface area (Å²) in [4.78, 5) is 0. The number of hydrogen-bond donors (Lipinski definition) is 0. The maximum Gasteiger partial charge on any atom is 1.00 e. The summed E-state index contributed by atoms with van der Waals surface area (Å²) in [6.45, 7) is 0.730. The predicted octanol–water partition coefficient (Wildman–Crippen LogP) is -4.02. The van der Waals surface area contributed by atoms with Crippen LogP contribution in [0.25, 0.3) is 0 Å². The second kappa shape index (κ2) is 13.5. The fourth-order valence-corrected chi connectivity index (χ4v) is 1.45. The van der Waals surface area contributed by atoms with Crippen LogP contribution in [0.4, 0.5) is 0 Å². The van der Waals surface area contributed by atoms with Gasteiger partial charge in [0.1, 0.15) is 5.75 Å². The zero-order chi connectivity index (χ0) is 14.8. The summed E-state index contributed by atoms with van der Waals surface area (Å²) in [5.41, 5.74) is 1.31. The third kappa shape index (κ3) is 15.0. The molecule has 8 heteroatoms. The smallest absolute Gasteiger partial charge is 0.759 e. The van der Waals surface area contributed by atoms with Crippen molar-refractivity contribution in [1.82, 2.24) is 0 Å². The number of hydrogen-bond acceptors (Lipinski definition) is 5. The Kier molecular flexibility index (Phi) is 15.0. The van der Waals surface area contributed by atoms with E-state index in [1.807, 2.05) is 36.4 Å². The Morgan fingerprint density at radius 1 is 0.818 bits per heavy atom. The molecule has 0 atom stereocenters. The fourth-order valence-electron chi connectivity index (χ4n) is 1.45. The Morgan fingerprint density at radius 2 is 1.23 bits per heavy atom. The standard InChI is InChI=1S/C14H14O.2Na.H2O4S/c1-3-7-13(8-4-1)11-12-15-14-9-5-2-6-10-14;;;1-5(2,3)4/h1-10H,11-12H2;;;(H2,1,2,3,4)/q;2*+1;/p-2. The minimum Gasteiger partial charge on any atom is -0.759 e. The average molecular weight is 340 g/mol. The molecule has 0 unspecified atom stereocenters. The molecule has 0 saturated heterocycles. The molecule has 108 valence electrons. The van der Waals surface area contributed by atoms with Crippen LogP contribution in [-0.4, -0.2) is 24.1 Å². The first-order chi connectivity index (χ1) is 9.45. The van der Waals surface area contributed by atoms with E-state index in [0.717, 1.165) is 18.8 Å². The Morgan fingerprint density at radius 3 is 1.68 bits per heavy atom. The molecule has 0 aliphatic heterocycles. The van der Waals surface area contributed by atoms with Crippen LogP contribution in [-0.2, 0) is 16.8 Å². The van der Waals surface area contributed by atoms with E-state index in [9.17, 15) is 0 Å². The molecule has 0 spiro atoms. The molecule has 0 heterocycles. The zero-order valence-corrected chi connectivity index (χ0v) is 17.5. The van der Waals surface area contributed by atoms with Gasteiger partial charge in [0.2, 0.25) is 0 Å². The van der Waals surface area contributed by atoms with Crippen LogP contribution < -0.4 is 63.9 Å². The van der Waals surface area contributed by atoms with Crippen molar-refractivity contribution in [1.29, 1.82) is 0 Å². The summed E-state index contributed by atoms with van der Waals surface area (Å²) in [7, 11) is -5.17. The number of para-hydroxylation sites is 1.